The van der Waals surface area contributed by atoms with Gasteiger partial charge in [-0.15, -0.1) is 11.3 Å². The number of carbonyl (C=O) groups excluding carboxylic acids is 2. The van der Waals surface area contributed by atoms with Crippen LogP contribution in [0.15, 0.2) is 52.5 Å². The molecule has 35 heavy (non-hydrogen) atoms. The molecule has 1 aliphatic carbocycles. The molecule has 192 valence electrons. The number of thiophene rings is 1. The number of ketones is 2. The number of carbonyl (C=O) groups is 2. The molecule has 4 heteroatoms. The molecule has 0 unspecified atom stereocenters. The standard InChI is InChI=1S/C24H27NO2S.C5H12.C2H6/c1-7-19(22(27)13-25)21(26)12-15(4)23(14(2)3)24(16(5)18-8-9-18)20-10-11-28-17(20)6;1-4-5(2)3;1-2/h7,10-12,14,18H,5,8-9H2,1-4,6H3;5H,4H2,1-3H3;1-2H3/b15-12+,19-7+,24-23-;;. The van der Waals surface area contributed by atoms with E-state index in [9.17, 15) is 9.59 Å². The van der Waals surface area contributed by atoms with Crippen molar-refractivity contribution in [2.24, 2.45) is 17.8 Å². The smallest absolute Gasteiger partial charge is 0.265 e. The molecular formula is C31H45NO2S. The molecule has 0 N–H and O–H groups in total. The summed E-state index contributed by atoms with van der Waals surface area (Å²) in [6.45, 7) is 24.9. The Balaban J connectivity index is 0.00000146. The number of nitrogens with zero attached hydrogens (tertiary/aromatic N) is 1. The maximum atomic E-state index is 12.6. The van der Waals surface area contributed by atoms with Gasteiger partial charge in [-0.25, -0.2) is 0 Å². The van der Waals surface area contributed by atoms with Crippen LogP contribution in [0.2, 0.25) is 0 Å². The molecule has 3 nitrogen and oxygen atoms in total. The summed E-state index contributed by atoms with van der Waals surface area (Å²) >= 11 is 1.70. The van der Waals surface area contributed by atoms with E-state index in [1.54, 1.807) is 18.3 Å². The van der Waals surface area contributed by atoms with Crippen molar-refractivity contribution in [3.05, 3.63) is 62.9 Å². The maximum absolute atomic E-state index is 12.6. The number of hydrogen-bond donors (Lipinski definition) is 0. The lowest BCUT2D eigenvalue weighted by molar-refractivity contribution is -0.116. The zero-order chi connectivity index (χ0) is 27.3. The van der Waals surface area contributed by atoms with Crippen molar-refractivity contribution >= 4 is 28.5 Å². The Hall–Kier alpha value is -2.51. The number of allylic oxidation sites excluding steroid dienone is 7. The van der Waals surface area contributed by atoms with Crippen LogP contribution in [0.4, 0.5) is 0 Å². The number of nitriles is 1. The Morgan fingerprint density at radius 2 is 1.77 bits per heavy atom. The van der Waals surface area contributed by atoms with Crippen LogP contribution in [0.1, 0.15) is 92.0 Å². The van der Waals surface area contributed by atoms with Gasteiger partial charge in [0.15, 0.2) is 5.78 Å². The number of hydrogen-bond acceptors (Lipinski definition) is 4. The van der Waals surface area contributed by atoms with Gasteiger partial charge in [0.1, 0.15) is 6.07 Å². The van der Waals surface area contributed by atoms with E-state index in [0.717, 1.165) is 41.1 Å². The highest BCUT2D eigenvalue weighted by Gasteiger charge is 2.30. The lowest BCUT2D eigenvalue weighted by atomic mass is 9.82. The van der Waals surface area contributed by atoms with Crippen LogP contribution in [0, 0.1) is 36.0 Å². The highest BCUT2D eigenvalue weighted by molar-refractivity contribution is 7.10. The average Bonchev–Trinajstić information content (AvgIpc) is 3.59. The minimum absolute atomic E-state index is 0.0840. The third-order valence-electron chi connectivity index (χ3n) is 5.86. The van der Waals surface area contributed by atoms with Crippen LogP contribution in [-0.2, 0) is 9.59 Å². The number of Topliss-reactive ketones (excluding diaryl/α,β-unsaturated/α-hetero) is 1. The van der Waals surface area contributed by atoms with E-state index >= 15 is 0 Å². The van der Waals surface area contributed by atoms with Crippen LogP contribution in [0.3, 0.4) is 0 Å². The summed E-state index contributed by atoms with van der Waals surface area (Å²) in [7, 11) is 0. The molecular weight excluding hydrogens is 450 g/mol. The molecule has 0 spiro atoms. The summed E-state index contributed by atoms with van der Waals surface area (Å²) in [5.41, 5.74) is 5.24. The molecule has 2 rings (SSSR count). The second-order valence-electron chi connectivity index (χ2n) is 9.27. The van der Waals surface area contributed by atoms with Crippen molar-refractivity contribution in [1.29, 1.82) is 5.26 Å². The lowest BCUT2D eigenvalue weighted by Crippen LogP contribution is -2.11. The lowest BCUT2D eigenvalue weighted by Gasteiger charge is -2.22. The minimum atomic E-state index is -0.803. The van der Waals surface area contributed by atoms with E-state index in [1.807, 2.05) is 20.8 Å². The first kappa shape index (κ1) is 32.5. The number of aryl methyl sites for hydroxylation is 1. The van der Waals surface area contributed by atoms with Gasteiger partial charge in [0.05, 0.1) is 5.57 Å². The molecule has 1 heterocycles. The Morgan fingerprint density at radius 1 is 1.23 bits per heavy atom. The fourth-order valence-electron chi connectivity index (χ4n) is 3.51. The van der Waals surface area contributed by atoms with E-state index in [1.165, 1.54) is 35.1 Å². The molecule has 0 aromatic carbocycles. The monoisotopic (exact) mass is 495 g/mol. The summed E-state index contributed by atoms with van der Waals surface area (Å²) in [5.74, 6) is 0.327. The van der Waals surface area contributed by atoms with Crippen molar-refractivity contribution in [1.82, 2.24) is 0 Å². The van der Waals surface area contributed by atoms with Gasteiger partial charge in [-0.2, -0.15) is 5.26 Å². The van der Waals surface area contributed by atoms with Gasteiger partial charge in [-0.1, -0.05) is 67.5 Å². The summed E-state index contributed by atoms with van der Waals surface area (Å²) in [4.78, 5) is 25.6. The van der Waals surface area contributed by atoms with Crippen molar-refractivity contribution in [3.8, 4) is 6.07 Å². The SMILES string of the molecule is C=C(/C(=C(/C(C)=C/C(=O)/C(=C\C)C(=O)C#N)C(C)C)c1ccsc1C)C1CC1.CC.CCC(C)C. The molecule has 0 aliphatic heterocycles. The Kier molecular flexibility index (Phi) is 15.1. The Labute approximate surface area is 218 Å². The van der Waals surface area contributed by atoms with Gasteiger partial charge >= 0.3 is 0 Å². The van der Waals surface area contributed by atoms with E-state index < -0.39 is 11.6 Å². The fourth-order valence-corrected chi connectivity index (χ4v) is 4.22. The molecule has 0 saturated heterocycles. The topological polar surface area (TPSA) is 57.9 Å². The van der Waals surface area contributed by atoms with Crippen molar-refractivity contribution in [2.45, 2.75) is 88.5 Å². The van der Waals surface area contributed by atoms with E-state index in [-0.39, 0.29) is 11.5 Å². The quantitative estimate of drug-likeness (QED) is 0.113. The third kappa shape index (κ3) is 9.94. The van der Waals surface area contributed by atoms with Crippen molar-refractivity contribution in [2.75, 3.05) is 0 Å². The zero-order valence-corrected chi connectivity index (χ0v) is 24.4. The van der Waals surface area contributed by atoms with Crippen molar-refractivity contribution in [3.63, 3.8) is 0 Å². The normalized spacial score (nSPS) is 14.3. The Morgan fingerprint density at radius 3 is 2.11 bits per heavy atom. The molecule has 1 saturated carbocycles. The molecule has 1 fully saturated rings. The highest BCUT2D eigenvalue weighted by atomic mass is 32.1. The zero-order valence-electron chi connectivity index (χ0n) is 23.5. The van der Waals surface area contributed by atoms with E-state index in [0.29, 0.717) is 5.92 Å². The summed E-state index contributed by atoms with van der Waals surface area (Å²) < 4.78 is 0. The van der Waals surface area contributed by atoms with Crippen LogP contribution in [-0.4, -0.2) is 11.6 Å². The third-order valence-corrected chi connectivity index (χ3v) is 6.70. The summed E-state index contributed by atoms with van der Waals surface area (Å²) in [5, 5.41) is 10.9. The molecule has 0 bridgehead atoms. The molecule has 1 aromatic rings. The second-order valence-corrected chi connectivity index (χ2v) is 10.4. The molecule has 0 radical (unpaired) electrons. The second kappa shape index (κ2) is 16.2. The molecule has 1 aromatic heterocycles. The molecule has 0 amide bonds. The maximum Gasteiger partial charge on any atom is 0.265 e. The average molecular weight is 496 g/mol. The van der Waals surface area contributed by atoms with Gasteiger partial charge < -0.3 is 0 Å². The van der Waals surface area contributed by atoms with Crippen LogP contribution in [0.5, 0.6) is 0 Å². The summed E-state index contributed by atoms with van der Waals surface area (Å²) in [6, 6.07) is 3.66. The van der Waals surface area contributed by atoms with Gasteiger partial charge in [-0.05, 0) is 96.7 Å². The van der Waals surface area contributed by atoms with Crippen LogP contribution >= 0.6 is 11.3 Å². The van der Waals surface area contributed by atoms with Crippen LogP contribution in [0.25, 0.3) is 5.57 Å². The van der Waals surface area contributed by atoms with Gasteiger partial charge in [0.25, 0.3) is 5.78 Å². The van der Waals surface area contributed by atoms with E-state index in [4.69, 9.17) is 5.26 Å². The largest absolute Gasteiger partial charge is 0.289 e. The molecule has 1 aliphatic rings. The van der Waals surface area contributed by atoms with Gasteiger partial charge in [0, 0.05) is 4.88 Å². The molecule has 0 atom stereocenters. The fraction of sp³-hybridized carbons (Fsp3) is 0.516. The Bertz CT molecular complexity index is 1010. The first-order chi connectivity index (χ1) is 16.5. The number of rotatable bonds is 9. The first-order valence-corrected chi connectivity index (χ1v) is 13.7. The highest BCUT2D eigenvalue weighted by Crippen LogP contribution is 2.46. The summed E-state index contributed by atoms with van der Waals surface area (Å²) in [6.07, 6.45) is 6.50. The predicted molar refractivity (Wildman–Crippen MR) is 152 cm³/mol. The first-order valence-electron chi connectivity index (χ1n) is 12.8. The van der Waals surface area contributed by atoms with Gasteiger partial charge in [-0.3, -0.25) is 9.59 Å². The van der Waals surface area contributed by atoms with Crippen LogP contribution < -0.4 is 0 Å². The van der Waals surface area contributed by atoms with Gasteiger partial charge in [0.2, 0.25) is 0 Å². The predicted octanol–water partition coefficient (Wildman–Crippen LogP) is 9.07. The minimum Gasteiger partial charge on any atom is -0.289 e. The van der Waals surface area contributed by atoms with E-state index in [2.05, 4.69) is 59.6 Å². The van der Waals surface area contributed by atoms with Crippen molar-refractivity contribution < 1.29 is 9.59 Å².